The lowest BCUT2D eigenvalue weighted by Gasteiger charge is -2.32. The smallest absolute Gasteiger partial charge is 0.227 e. The Bertz CT molecular complexity index is 663. The molecule has 1 aromatic carbocycles. The van der Waals surface area contributed by atoms with Gasteiger partial charge in [-0.25, -0.2) is 0 Å². The van der Waals surface area contributed by atoms with Crippen LogP contribution in [0, 0.1) is 5.92 Å². The van der Waals surface area contributed by atoms with E-state index in [1.165, 1.54) is 0 Å². The molecule has 1 aromatic rings. The third kappa shape index (κ3) is 4.87. The van der Waals surface area contributed by atoms with Crippen LogP contribution < -0.4 is 10.1 Å². The average Bonchev–Trinajstić information content (AvgIpc) is 3.15. The lowest BCUT2D eigenvalue weighted by Crippen LogP contribution is -2.47. The summed E-state index contributed by atoms with van der Waals surface area (Å²) in [5.41, 5.74) is 0.917. The van der Waals surface area contributed by atoms with E-state index in [-0.39, 0.29) is 17.9 Å². The van der Waals surface area contributed by atoms with Crippen molar-refractivity contribution in [3.05, 3.63) is 42.0 Å². The second-order valence-electron chi connectivity index (χ2n) is 7.18. The van der Waals surface area contributed by atoms with Crippen LogP contribution in [0.5, 0.6) is 5.75 Å². The van der Waals surface area contributed by atoms with Gasteiger partial charge in [0.1, 0.15) is 5.75 Å². The van der Waals surface area contributed by atoms with Crippen LogP contribution in [0.1, 0.15) is 37.7 Å². The summed E-state index contributed by atoms with van der Waals surface area (Å²) >= 11 is 0. The maximum atomic E-state index is 12.6. The minimum atomic E-state index is 0.121. The summed E-state index contributed by atoms with van der Waals surface area (Å²) in [4.78, 5) is 26.6. The first-order valence-electron chi connectivity index (χ1n) is 9.51. The van der Waals surface area contributed by atoms with Crippen LogP contribution in [0.3, 0.4) is 0 Å². The lowest BCUT2D eigenvalue weighted by atomic mass is 10.0. The van der Waals surface area contributed by atoms with Crippen LogP contribution in [0.2, 0.25) is 0 Å². The molecule has 5 heteroatoms. The quantitative estimate of drug-likeness (QED) is 0.798. The minimum Gasteiger partial charge on any atom is -0.496 e. The molecule has 140 valence electrons. The predicted octanol–water partition coefficient (Wildman–Crippen LogP) is 2.70. The third-order valence-corrected chi connectivity index (χ3v) is 5.31. The van der Waals surface area contributed by atoms with E-state index in [0.717, 1.165) is 37.0 Å². The maximum Gasteiger partial charge on any atom is 0.227 e. The number of hydrogen-bond acceptors (Lipinski definition) is 3. The number of rotatable bonds is 6. The zero-order valence-electron chi connectivity index (χ0n) is 15.4. The van der Waals surface area contributed by atoms with Gasteiger partial charge in [0.05, 0.1) is 13.5 Å². The number of hydrogen-bond donors (Lipinski definition) is 1. The second-order valence-corrected chi connectivity index (χ2v) is 7.18. The first-order valence-corrected chi connectivity index (χ1v) is 9.51. The van der Waals surface area contributed by atoms with E-state index in [4.69, 9.17) is 4.74 Å². The number of carbonyl (C=O) groups excluding carboxylic acids is 2. The van der Waals surface area contributed by atoms with E-state index in [1.54, 1.807) is 7.11 Å². The highest BCUT2D eigenvalue weighted by atomic mass is 16.5. The first kappa shape index (κ1) is 18.5. The molecule has 1 aliphatic heterocycles. The fraction of sp³-hybridized carbons (Fsp3) is 0.524. The van der Waals surface area contributed by atoms with Crippen molar-refractivity contribution in [1.82, 2.24) is 10.2 Å². The number of allylic oxidation sites excluding steroid dienone is 2. The van der Waals surface area contributed by atoms with Gasteiger partial charge in [0.25, 0.3) is 0 Å². The van der Waals surface area contributed by atoms with Crippen molar-refractivity contribution in [1.29, 1.82) is 0 Å². The van der Waals surface area contributed by atoms with Crippen LogP contribution in [0.4, 0.5) is 0 Å². The molecular weight excluding hydrogens is 328 g/mol. The van der Waals surface area contributed by atoms with Gasteiger partial charge < -0.3 is 15.0 Å². The molecule has 1 saturated heterocycles. The minimum absolute atomic E-state index is 0.121. The summed E-state index contributed by atoms with van der Waals surface area (Å²) in [6.07, 6.45) is 9.07. The van der Waals surface area contributed by atoms with Crippen molar-refractivity contribution >= 4 is 11.8 Å². The van der Waals surface area contributed by atoms with E-state index < -0.39 is 0 Å². The Morgan fingerprint density at radius 1 is 1.19 bits per heavy atom. The highest BCUT2D eigenvalue weighted by Gasteiger charge is 2.25. The van der Waals surface area contributed by atoms with Crippen LogP contribution in [0.15, 0.2) is 36.4 Å². The predicted molar refractivity (Wildman–Crippen MR) is 101 cm³/mol. The van der Waals surface area contributed by atoms with Gasteiger partial charge in [0.15, 0.2) is 0 Å². The Kier molecular flexibility index (Phi) is 6.31. The number of methoxy groups -OCH3 is 1. The Hall–Kier alpha value is -2.30. The number of carbonyl (C=O) groups is 2. The molecule has 0 radical (unpaired) electrons. The van der Waals surface area contributed by atoms with Crippen molar-refractivity contribution < 1.29 is 14.3 Å². The number of benzene rings is 1. The molecule has 0 bridgehead atoms. The number of para-hydroxylation sites is 1. The van der Waals surface area contributed by atoms with Crippen LogP contribution >= 0.6 is 0 Å². The molecular formula is C21H28N2O3. The highest BCUT2D eigenvalue weighted by molar-refractivity contribution is 5.80. The van der Waals surface area contributed by atoms with E-state index in [1.807, 2.05) is 29.2 Å². The molecule has 1 N–H and O–H groups in total. The Labute approximate surface area is 155 Å². The zero-order valence-corrected chi connectivity index (χ0v) is 15.4. The van der Waals surface area contributed by atoms with E-state index >= 15 is 0 Å². The van der Waals surface area contributed by atoms with Crippen molar-refractivity contribution in [2.24, 2.45) is 5.92 Å². The van der Waals surface area contributed by atoms with Crippen molar-refractivity contribution in [3.63, 3.8) is 0 Å². The van der Waals surface area contributed by atoms with Crippen LogP contribution in [-0.4, -0.2) is 43.0 Å². The van der Waals surface area contributed by atoms with Gasteiger partial charge in [0.2, 0.25) is 11.8 Å². The molecule has 1 aliphatic carbocycles. The summed E-state index contributed by atoms with van der Waals surface area (Å²) in [6, 6.07) is 7.82. The van der Waals surface area contributed by atoms with Gasteiger partial charge in [0, 0.05) is 31.1 Å². The van der Waals surface area contributed by atoms with Gasteiger partial charge in [-0.1, -0.05) is 30.4 Å². The Morgan fingerprint density at radius 3 is 2.65 bits per heavy atom. The number of piperidine rings is 1. The topological polar surface area (TPSA) is 58.6 Å². The summed E-state index contributed by atoms with van der Waals surface area (Å²) in [5, 5.41) is 3.14. The van der Waals surface area contributed by atoms with Crippen LogP contribution in [-0.2, 0) is 16.0 Å². The fourth-order valence-corrected chi connectivity index (χ4v) is 3.79. The summed E-state index contributed by atoms with van der Waals surface area (Å²) in [6.45, 7) is 1.39. The number of ether oxygens (including phenoxy) is 1. The van der Waals surface area contributed by atoms with Gasteiger partial charge >= 0.3 is 0 Å². The molecule has 2 aliphatic rings. The SMILES string of the molecule is COc1ccccc1CC(=O)N1CCC(NC(=O)CC2C=CCC2)CC1. The van der Waals surface area contributed by atoms with Crippen LogP contribution in [0.25, 0.3) is 0 Å². The van der Waals surface area contributed by atoms with Gasteiger partial charge in [-0.2, -0.15) is 0 Å². The average molecular weight is 356 g/mol. The molecule has 5 nitrogen and oxygen atoms in total. The zero-order chi connectivity index (χ0) is 18.4. The van der Waals surface area contributed by atoms with Crippen molar-refractivity contribution in [2.75, 3.05) is 20.2 Å². The summed E-state index contributed by atoms with van der Waals surface area (Å²) in [7, 11) is 1.62. The molecule has 3 rings (SSSR count). The monoisotopic (exact) mass is 356 g/mol. The largest absolute Gasteiger partial charge is 0.496 e. The molecule has 1 unspecified atom stereocenters. The number of nitrogens with one attached hydrogen (secondary N) is 1. The first-order chi connectivity index (χ1) is 12.7. The molecule has 0 spiro atoms. The van der Waals surface area contributed by atoms with Crippen molar-refractivity contribution in [2.45, 2.75) is 44.6 Å². The van der Waals surface area contributed by atoms with E-state index in [2.05, 4.69) is 17.5 Å². The van der Waals surface area contributed by atoms with Gasteiger partial charge in [-0.3, -0.25) is 9.59 Å². The summed E-state index contributed by atoms with van der Waals surface area (Å²) in [5.74, 6) is 1.41. The molecule has 2 amide bonds. The van der Waals surface area contributed by atoms with Crippen molar-refractivity contribution in [3.8, 4) is 5.75 Å². The number of likely N-dealkylation sites (tertiary alicyclic amines) is 1. The molecule has 1 atom stereocenters. The highest BCUT2D eigenvalue weighted by Crippen LogP contribution is 2.22. The molecule has 0 aromatic heterocycles. The van der Waals surface area contributed by atoms with E-state index in [0.29, 0.717) is 31.8 Å². The third-order valence-electron chi connectivity index (χ3n) is 5.31. The Morgan fingerprint density at radius 2 is 1.96 bits per heavy atom. The second kappa shape index (κ2) is 8.88. The van der Waals surface area contributed by atoms with E-state index in [9.17, 15) is 9.59 Å². The maximum absolute atomic E-state index is 12.6. The number of nitrogens with zero attached hydrogens (tertiary/aromatic N) is 1. The summed E-state index contributed by atoms with van der Waals surface area (Å²) < 4.78 is 5.33. The molecule has 26 heavy (non-hydrogen) atoms. The molecule has 1 heterocycles. The molecule has 0 saturated carbocycles. The normalized spacial score (nSPS) is 20.2. The Balaban J connectivity index is 1.43. The standard InChI is InChI=1S/C21H28N2O3/c1-26-19-9-5-4-8-17(19)15-21(25)23-12-10-18(11-13-23)22-20(24)14-16-6-2-3-7-16/h2,4-6,8-9,16,18H,3,7,10-15H2,1H3,(H,22,24). The lowest BCUT2D eigenvalue weighted by molar-refractivity contribution is -0.131. The van der Waals surface area contributed by atoms with Gasteiger partial charge in [-0.05, 0) is 37.7 Å². The number of amides is 2. The molecule has 1 fully saturated rings. The van der Waals surface area contributed by atoms with Gasteiger partial charge in [-0.15, -0.1) is 0 Å². The fourth-order valence-electron chi connectivity index (χ4n) is 3.79.